The fourth-order valence-electron chi connectivity index (χ4n) is 0.684. The van der Waals surface area contributed by atoms with E-state index in [1.165, 1.54) is 0 Å². The SMILES string of the molecule is O=C([O-])CC(O)(CC(=O)[O-])C(=O)[O-].[Ru+3]. The predicted molar refractivity (Wildman–Crippen MR) is 29.2 cm³/mol. The first-order chi connectivity index (χ1) is 5.78. The van der Waals surface area contributed by atoms with Crippen LogP contribution in [-0.2, 0) is 33.9 Å². The van der Waals surface area contributed by atoms with Crippen molar-refractivity contribution in [1.82, 2.24) is 0 Å². The van der Waals surface area contributed by atoms with E-state index in [2.05, 4.69) is 0 Å². The summed E-state index contributed by atoms with van der Waals surface area (Å²) in [6.45, 7) is 0. The summed E-state index contributed by atoms with van der Waals surface area (Å²) >= 11 is 0. The number of carbonyl (C=O) groups excluding carboxylic acids is 3. The molecular formula is C6H5O7Ru. The molecule has 14 heavy (non-hydrogen) atoms. The van der Waals surface area contributed by atoms with E-state index >= 15 is 0 Å². The van der Waals surface area contributed by atoms with Crippen molar-refractivity contribution in [3.05, 3.63) is 0 Å². The Morgan fingerprint density at radius 1 is 1.00 bits per heavy atom. The van der Waals surface area contributed by atoms with Gasteiger partial charge in [0.25, 0.3) is 0 Å². The van der Waals surface area contributed by atoms with E-state index in [-0.39, 0.29) is 19.5 Å². The molecule has 1 N–H and O–H groups in total. The molecule has 0 aliphatic heterocycles. The van der Waals surface area contributed by atoms with Gasteiger partial charge in [0.1, 0.15) is 5.60 Å². The molecule has 0 amide bonds. The minimum Gasteiger partial charge on any atom is -0.550 e. The minimum atomic E-state index is -2.97. The Labute approximate surface area is 91.1 Å². The van der Waals surface area contributed by atoms with E-state index in [1.54, 1.807) is 0 Å². The van der Waals surface area contributed by atoms with E-state index in [4.69, 9.17) is 5.11 Å². The number of aliphatic carboxylic acids is 3. The molecule has 0 aliphatic rings. The maximum Gasteiger partial charge on any atom is 3.00 e. The van der Waals surface area contributed by atoms with Gasteiger partial charge in [-0.1, -0.05) is 0 Å². The number of hydrogen-bond acceptors (Lipinski definition) is 7. The predicted octanol–water partition coefficient (Wildman–Crippen LogP) is -5.26. The molecule has 0 aromatic carbocycles. The van der Waals surface area contributed by atoms with Gasteiger partial charge in [0.2, 0.25) is 0 Å². The summed E-state index contributed by atoms with van der Waals surface area (Å²) in [5.41, 5.74) is -2.97. The van der Waals surface area contributed by atoms with Crippen molar-refractivity contribution in [3.8, 4) is 0 Å². The molecule has 0 unspecified atom stereocenters. The van der Waals surface area contributed by atoms with Crippen molar-refractivity contribution in [2.75, 3.05) is 0 Å². The van der Waals surface area contributed by atoms with Crippen molar-refractivity contribution in [3.63, 3.8) is 0 Å². The van der Waals surface area contributed by atoms with Crippen LogP contribution in [0.15, 0.2) is 0 Å². The number of aliphatic hydroxyl groups is 1. The van der Waals surface area contributed by atoms with Crippen LogP contribution in [0.5, 0.6) is 0 Å². The van der Waals surface area contributed by atoms with Crippen molar-refractivity contribution < 1.29 is 54.3 Å². The quantitative estimate of drug-likeness (QED) is 0.498. The Morgan fingerprint density at radius 2 is 1.29 bits per heavy atom. The fraction of sp³-hybridized carbons (Fsp3) is 0.500. The van der Waals surface area contributed by atoms with Crippen molar-refractivity contribution in [2.24, 2.45) is 0 Å². The molecule has 0 bridgehead atoms. The second-order valence-corrected chi connectivity index (χ2v) is 2.42. The second-order valence-electron chi connectivity index (χ2n) is 2.42. The van der Waals surface area contributed by atoms with Gasteiger partial charge in [-0.05, 0) is 0 Å². The summed E-state index contributed by atoms with van der Waals surface area (Å²) in [7, 11) is 0. The van der Waals surface area contributed by atoms with Crippen LogP contribution in [0.3, 0.4) is 0 Å². The molecule has 7 nitrogen and oxygen atoms in total. The summed E-state index contributed by atoms with van der Waals surface area (Å²) < 4.78 is 0. The Balaban J connectivity index is 0. The number of carbonyl (C=O) groups is 3. The van der Waals surface area contributed by atoms with Gasteiger partial charge in [-0.25, -0.2) is 0 Å². The van der Waals surface area contributed by atoms with E-state index < -0.39 is 36.4 Å². The Bertz CT molecular complexity index is 233. The van der Waals surface area contributed by atoms with Crippen LogP contribution in [0.2, 0.25) is 0 Å². The summed E-state index contributed by atoms with van der Waals surface area (Å²) in [6, 6.07) is 0. The third kappa shape index (κ3) is 4.88. The molecule has 79 valence electrons. The number of rotatable bonds is 5. The average Bonchev–Trinajstić information content (AvgIpc) is 1.82. The zero-order valence-corrected chi connectivity index (χ0v) is 8.40. The minimum absolute atomic E-state index is 0. The van der Waals surface area contributed by atoms with Crippen LogP contribution in [0, 0.1) is 0 Å². The number of carboxylic acid groups (broad SMARTS) is 3. The molecule has 0 aromatic heterocycles. The van der Waals surface area contributed by atoms with Gasteiger partial charge in [-0.15, -0.1) is 0 Å². The molecule has 1 radical (unpaired) electrons. The molecule has 0 spiro atoms. The Morgan fingerprint density at radius 3 is 1.43 bits per heavy atom. The van der Waals surface area contributed by atoms with Gasteiger partial charge in [0.05, 0.1) is 5.97 Å². The van der Waals surface area contributed by atoms with E-state index in [1.807, 2.05) is 0 Å². The summed E-state index contributed by atoms with van der Waals surface area (Å²) in [5.74, 6) is -5.98. The number of carboxylic acids is 3. The first-order valence-electron chi connectivity index (χ1n) is 3.11. The van der Waals surface area contributed by atoms with Crippen molar-refractivity contribution in [1.29, 1.82) is 0 Å². The molecule has 0 fully saturated rings. The second kappa shape index (κ2) is 5.67. The Hall–Kier alpha value is -1.01. The van der Waals surface area contributed by atoms with E-state index in [0.717, 1.165) is 0 Å². The molecule has 0 aliphatic carbocycles. The van der Waals surface area contributed by atoms with Crippen LogP contribution < -0.4 is 15.3 Å². The third-order valence-corrected chi connectivity index (χ3v) is 1.25. The maximum absolute atomic E-state index is 10.1. The third-order valence-electron chi connectivity index (χ3n) is 1.25. The van der Waals surface area contributed by atoms with Gasteiger partial charge in [-0.3, -0.25) is 0 Å². The molecular weight excluding hydrogens is 285 g/mol. The topological polar surface area (TPSA) is 141 Å². The summed E-state index contributed by atoms with van der Waals surface area (Å²) in [6.07, 6.45) is -2.72. The monoisotopic (exact) mass is 291 g/mol. The molecule has 0 heterocycles. The normalized spacial score (nSPS) is 10.1. The van der Waals surface area contributed by atoms with Crippen molar-refractivity contribution >= 4 is 17.9 Å². The zero-order valence-electron chi connectivity index (χ0n) is 6.66. The molecule has 0 aromatic rings. The van der Waals surface area contributed by atoms with Crippen LogP contribution in [0.1, 0.15) is 12.8 Å². The zero-order chi connectivity index (χ0) is 10.6. The average molecular weight is 290 g/mol. The van der Waals surface area contributed by atoms with E-state index in [0.29, 0.717) is 0 Å². The first-order valence-corrected chi connectivity index (χ1v) is 3.11. The number of hydrogen-bond donors (Lipinski definition) is 1. The Kier molecular flexibility index (Phi) is 6.26. The molecule has 0 saturated carbocycles. The van der Waals surface area contributed by atoms with Crippen LogP contribution >= 0.6 is 0 Å². The first kappa shape index (κ1) is 15.5. The van der Waals surface area contributed by atoms with Crippen LogP contribution in [0.25, 0.3) is 0 Å². The summed E-state index contributed by atoms with van der Waals surface area (Å²) in [5, 5.41) is 38.9. The van der Waals surface area contributed by atoms with Gasteiger partial charge in [0, 0.05) is 24.8 Å². The molecule has 0 atom stereocenters. The standard InChI is InChI=1S/C6H8O7.Ru/c7-3(8)1-6(13,5(11)12)2-4(9)10;/h13H,1-2H2,(H,7,8)(H,9,10)(H,11,12);/q;+3/p-3. The fourth-order valence-corrected chi connectivity index (χ4v) is 0.684. The van der Waals surface area contributed by atoms with Crippen LogP contribution in [0.4, 0.5) is 0 Å². The molecule has 0 rings (SSSR count). The largest absolute Gasteiger partial charge is 3.00 e. The van der Waals surface area contributed by atoms with Gasteiger partial charge in [-0.2, -0.15) is 0 Å². The van der Waals surface area contributed by atoms with E-state index in [9.17, 15) is 29.7 Å². The summed E-state index contributed by atoms with van der Waals surface area (Å²) in [4.78, 5) is 30.0. The van der Waals surface area contributed by atoms with Crippen LogP contribution in [-0.4, -0.2) is 28.6 Å². The molecule has 8 heteroatoms. The van der Waals surface area contributed by atoms with Gasteiger partial charge >= 0.3 is 19.5 Å². The van der Waals surface area contributed by atoms with Gasteiger partial charge < -0.3 is 34.8 Å². The smallest absolute Gasteiger partial charge is 0.550 e. The maximum atomic E-state index is 10.1. The van der Waals surface area contributed by atoms with Gasteiger partial charge in [0.15, 0.2) is 0 Å². The van der Waals surface area contributed by atoms with Crippen molar-refractivity contribution in [2.45, 2.75) is 18.4 Å². The molecule has 0 saturated heterocycles.